The maximum atomic E-state index is 11.8. The van der Waals surface area contributed by atoms with Crippen LogP contribution in [0.25, 0.3) is 23.5 Å². The Hall–Kier alpha value is -4.54. The summed E-state index contributed by atoms with van der Waals surface area (Å²) >= 11 is 0. The second-order valence-electron chi connectivity index (χ2n) is 6.01. The van der Waals surface area contributed by atoms with E-state index < -0.39 is 33.7 Å². The van der Waals surface area contributed by atoms with Gasteiger partial charge in [0.2, 0.25) is 0 Å². The molecule has 144 valence electrons. The number of rotatable bonds is 4. The number of H-pyrrole nitrogens is 2. The van der Waals surface area contributed by atoms with Gasteiger partial charge in [0.1, 0.15) is 17.2 Å². The van der Waals surface area contributed by atoms with Crippen molar-refractivity contribution < 1.29 is 18.9 Å². The normalized spacial score (nSPS) is 13.0. The number of carbonyl (C=O) groups is 2. The Kier molecular flexibility index (Phi) is 4.04. The number of aromatic amines is 2. The second kappa shape index (κ2) is 6.56. The van der Waals surface area contributed by atoms with Crippen molar-refractivity contribution in [2.75, 3.05) is 0 Å². The summed E-state index contributed by atoms with van der Waals surface area (Å²) in [6, 6.07) is 7.79. The number of carbonyl (C=O) groups excluding carboxylic acids is 2. The van der Waals surface area contributed by atoms with E-state index in [9.17, 15) is 29.3 Å². The third-order valence-electron chi connectivity index (χ3n) is 4.19. The van der Waals surface area contributed by atoms with Gasteiger partial charge in [-0.05, 0) is 36.4 Å². The largest absolute Gasteiger partial charge is 0.457 e. The van der Waals surface area contributed by atoms with E-state index in [0.29, 0.717) is 11.3 Å². The van der Waals surface area contributed by atoms with Crippen molar-refractivity contribution in [3.8, 4) is 11.3 Å². The first-order valence-corrected chi connectivity index (χ1v) is 8.12. The number of nitrogens with one attached hydrogen (secondary N) is 3. The van der Waals surface area contributed by atoms with Crippen LogP contribution in [-0.2, 0) is 0 Å². The van der Waals surface area contributed by atoms with Crippen LogP contribution >= 0.6 is 0 Å². The molecule has 0 bridgehead atoms. The molecule has 0 fully saturated rings. The average Bonchev–Trinajstić information content (AvgIpc) is 3.24. The zero-order valence-electron chi connectivity index (χ0n) is 14.3. The van der Waals surface area contributed by atoms with Crippen molar-refractivity contribution in [1.29, 1.82) is 0 Å². The van der Waals surface area contributed by atoms with Crippen LogP contribution in [0.15, 0.2) is 44.3 Å². The molecule has 11 nitrogen and oxygen atoms in total. The lowest BCUT2D eigenvalue weighted by Crippen LogP contribution is -2.25. The summed E-state index contributed by atoms with van der Waals surface area (Å²) in [6.07, 6.45) is 2.51. The highest BCUT2D eigenvalue weighted by molar-refractivity contribution is 6.21. The Balaban J connectivity index is 1.67. The van der Waals surface area contributed by atoms with Gasteiger partial charge in [0.15, 0.2) is 0 Å². The topological polar surface area (TPSA) is 168 Å². The first kappa shape index (κ1) is 17.9. The number of fused-ring (bicyclic) bond motifs is 1. The van der Waals surface area contributed by atoms with Gasteiger partial charge in [-0.3, -0.25) is 34.8 Å². The fraction of sp³-hybridized carbons (Fsp3) is 0. The van der Waals surface area contributed by atoms with Crippen LogP contribution < -0.4 is 16.6 Å². The highest BCUT2D eigenvalue weighted by Crippen LogP contribution is 2.27. The van der Waals surface area contributed by atoms with Gasteiger partial charge >= 0.3 is 16.9 Å². The molecule has 0 saturated heterocycles. The van der Waals surface area contributed by atoms with Crippen LogP contribution in [0.4, 0.5) is 5.69 Å². The molecule has 0 unspecified atom stereocenters. The molecule has 0 aliphatic carbocycles. The van der Waals surface area contributed by atoms with Crippen molar-refractivity contribution >= 4 is 29.7 Å². The zero-order valence-corrected chi connectivity index (χ0v) is 14.3. The molecule has 1 aromatic carbocycles. The summed E-state index contributed by atoms with van der Waals surface area (Å²) in [6.45, 7) is 0. The van der Waals surface area contributed by atoms with E-state index in [1.54, 1.807) is 23.2 Å². The molecule has 3 N–H and O–H groups in total. The smallest absolute Gasteiger partial charge is 0.357 e. The molecule has 2 aromatic heterocycles. The average molecular weight is 394 g/mol. The van der Waals surface area contributed by atoms with Crippen molar-refractivity contribution in [2.24, 2.45) is 0 Å². The van der Waals surface area contributed by atoms with Gasteiger partial charge < -0.3 is 9.40 Å². The highest BCUT2D eigenvalue weighted by atomic mass is 16.6. The highest BCUT2D eigenvalue weighted by Gasteiger charge is 2.27. The van der Waals surface area contributed by atoms with E-state index >= 15 is 0 Å². The van der Waals surface area contributed by atoms with Gasteiger partial charge in [0, 0.05) is 5.56 Å². The van der Waals surface area contributed by atoms with E-state index in [2.05, 4.69) is 10.3 Å². The predicted molar refractivity (Wildman–Crippen MR) is 99.2 cm³/mol. The number of hydrogen-bond donors (Lipinski definition) is 3. The Labute approximate surface area is 159 Å². The van der Waals surface area contributed by atoms with Crippen molar-refractivity contribution in [1.82, 2.24) is 15.3 Å². The fourth-order valence-corrected chi connectivity index (χ4v) is 2.88. The Bertz CT molecular complexity index is 1340. The molecular weight excluding hydrogens is 384 g/mol. The third kappa shape index (κ3) is 3.16. The Morgan fingerprint density at radius 1 is 0.931 bits per heavy atom. The molecule has 0 spiro atoms. The van der Waals surface area contributed by atoms with E-state index in [-0.39, 0.29) is 22.6 Å². The minimum Gasteiger partial charge on any atom is -0.457 e. The van der Waals surface area contributed by atoms with Gasteiger partial charge in [-0.2, -0.15) is 0 Å². The van der Waals surface area contributed by atoms with Gasteiger partial charge in [-0.15, -0.1) is 0 Å². The summed E-state index contributed by atoms with van der Waals surface area (Å²) in [7, 11) is 0. The van der Waals surface area contributed by atoms with Gasteiger partial charge in [-0.1, -0.05) is 6.07 Å². The van der Waals surface area contributed by atoms with E-state index in [0.717, 1.165) is 0 Å². The standard InChI is InChI=1S/C18H10N4O7/c23-15-10-4-1-8(7-11(10)16(24)20-15)13-6-3-9(29-13)2-5-12-14(22(27)28)17(25)21-18(26)19-12/h1-7H,(H,20,23,24)(H2,19,21,25,26)/b5-2-. The Morgan fingerprint density at radius 2 is 1.69 bits per heavy atom. The van der Waals surface area contributed by atoms with E-state index in [4.69, 9.17) is 4.42 Å². The first-order valence-electron chi connectivity index (χ1n) is 8.12. The van der Waals surface area contributed by atoms with Crippen LogP contribution in [-0.4, -0.2) is 26.7 Å². The molecule has 3 aromatic rings. The van der Waals surface area contributed by atoms with Crippen LogP contribution in [0, 0.1) is 10.1 Å². The van der Waals surface area contributed by atoms with Crippen molar-refractivity contribution in [3.05, 3.63) is 83.9 Å². The molecule has 0 radical (unpaired) electrons. The van der Waals surface area contributed by atoms with Crippen LogP contribution in [0.3, 0.4) is 0 Å². The number of nitrogens with zero attached hydrogens (tertiary/aromatic N) is 1. The van der Waals surface area contributed by atoms with Gasteiger partial charge in [0.25, 0.3) is 11.8 Å². The molecule has 0 saturated carbocycles. The van der Waals surface area contributed by atoms with E-state index in [1.165, 1.54) is 24.3 Å². The summed E-state index contributed by atoms with van der Waals surface area (Å²) in [5.74, 6) is -0.304. The van der Waals surface area contributed by atoms with Crippen molar-refractivity contribution in [3.63, 3.8) is 0 Å². The summed E-state index contributed by atoms with van der Waals surface area (Å²) in [5, 5.41) is 13.2. The second-order valence-corrected chi connectivity index (χ2v) is 6.01. The number of aromatic nitrogens is 2. The minimum absolute atomic E-state index is 0.234. The summed E-state index contributed by atoms with van der Waals surface area (Å²) in [5.41, 5.74) is -2.04. The van der Waals surface area contributed by atoms with Crippen LogP contribution in [0.1, 0.15) is 32.2 Å². The van der Waals surface area contributed by atoms with Gasteiger partial charge in [-0.25, -0.2) is 4.79 Å². The third-order valence-corrected chi connectivity index (χ3v) is 4.19. The zero-order chi connectivity index (χ0) is 20.7. The quantitative estimate of drug-likeness (QED) is 0.340. The van der Waals surface area contributed by atoms with Gasteiger partial charge in [0.05, 0.1) is 16.1 Å². The SMILES string of the molecule is O=C1NC(=O)c2cc(-c3ccc(/C=C\c4[nH]c(=O)[nH]c(=O)c4[N+](=O)[O-])o3)ccc21. The monoisotopic (exact) mass is 394 g/mol. The molecule has 3 heterocycles. The molecular formula is C18H10N4O7. The maximum absolute atomic E-state index is 11.8. The van der Waals surface area contributed by atoms with E-state index in [1.807, 2.05) is 0 Å². The molecule has 2 amide bonds. The van der Waals surface area contributed by atoms with Crippen molar-refractivity contribution in [2.45, 2.75) is 0 Å². The lowest BCUT2D eigenvalue weighted by Gasteiger charge is -1.99. The predicted octanol–water partition coefficient (Wildman–Crippen LogP) is 1.29. The molecule has 4 rings (SSSR count). The van der Waals surface area contributed by atoms with Crippen LogP contribution in [0.2, 0.25) is 0 Å². The molecule has 1 aliphatic rings. The molecule has 1 aliphatic heterocycles. The minimum atomic E-state index is -1.12. The number of amides is 2. The summed E-state index contributed by atoms with van der Waals surface area (Å²) < 4.78 is 5.62. The molecule has 29 heavy (non-hydrogen) atoms. The number of benzene rings is 1. The Morgan fingerprint density at radius 3 is 2.45 bits per heavy atom. The first-order chi connectivity index (χ1) is 13.8. The molecule has 0 atom stereocenters. The number of nitro groups is 1. The molecule has 11 heteroatoms. The lowest BCUT2D eigenvalue weighted by molar-refractivity contribution is -0.386. The number of imide groups is 1. The number of furan rings is 1. The fourth-order valence-electron chi connectivity index (χ4n) is 2.88. The maximum Gasteiger partial charge on any atom is 0.357 e. The van der Waals surface area contributed by atoms with Crippen LogP contribution in [0.5, 0.6) is 0 Å². The lowest BCUT2D eigenvalue weighted by atomic mass is 10.0. The number of hydrogen-bond acceptors (Lipinski definition) is 7. The summed E-state index contributed by atoms with van der Waals surface area (Å²) in [4.78, 5) is 60.5.